The lowest BCUT2D eigenvalue weighted by atomic mass is 9.94. The van der Waals surface area contributed by atoms with Gasteiger partial charge >= 0.3 is 6.18 Å². The van der Waals surface area contributed by atoms with Crippen molar-refractivity contribution in [2.75, 3.05) is 0 Å². The van der Waals surface area contributed by atoms with Crippen molar-refractivity contribution < 1.29 is 17.6 Å². The highest BCUT2D eigenvalue weighted by Gasteiger charge is 2.30. The third-order valence-electron chi connectivity index (χ3n) is 6.55. The summed E-state index contributed by atoms with van der Waals surface area (Å²) < 4.78 is 56.5. The molecule has 0 aliphatic heterocycles. The molecule has 0 amide bonds. The Hall–Kier alpha value is -3.08. The number of hydrogen-bond donors (Lipinski definition) is 0. The molecule has 0 radical (unpaired) electrons. The first kappa shape index (κ1) is 24.1. The van der Waals surface area contributed by atoms with E-state index in [9.17, 15) is 13.2 Å². The summed E-state index contributed by atoms with van der Waals surface area (Å²) in [4.78, 5) is 0. The lowest BCUT2D eigenvalue weighted by Gasteiger charge is -2.24. The Balaban J connectivity index is 1.81. The minimum Gasteiger partial charge on any atom is -0.338 e. The molecule has 1 atom stereocenters. The number of aryl methyl sites for hydroxylation is 2. The topological polar surface area (TPSA) is 4.93 Å². The smallest absolute Gasteiger partial charge is 0.338 e. The van der Waals surface area contributed by atoms with Crippen molar-refractivity contribution in [3.05, 3.63) is 94.9 Å². The van der Waals surface area contributed by atoms with Gasteiger partial charge in [0.1, 0.15) is 5.82 Å². The molecule has 3 aromatic carbocycles. The molecule has 4 rings (SSSR count). The van der Waals surface area contributed by atoms with E-state index in [1.807, 2.05) is 23.8 Å². The van der Waals surface area contributed by atoms with Crippen molar-refractivity contribution in [2.45, 2.75) is 52.8 Å². The monoisotopic (exact) mass is 467 g/mol. The lowest BCUT2D eigenvalue weighted by Crippen LogP contribution is -2.13. The molecule has 1 nitrogen and oxygen atoms in total. The van der Waals surface area contributed by atoms with Gasteiger partial charge in [-0.1, -0.05) is 57.2 Å². The van der Waals surface area contributed by atoms with Crippen LogP contribution in [-0.2, 0) is 12.6 Å². The van der Waals surface area contributed by atoms with Crippen molar-refractivity contribution >= 4 is 10.9 Å². The summed E-state index contributed by atoms with van der Waals surface area (Å²) in [6.45, 7) is 8.33. The van der Waals surface area contributed by atoms with E-state index in [4.69, 9.17) is 0 Å². The highest BCUT2D eigenvalue weighted by molar-refractivity contribution is 5.91. The molecule has 0 aliphatic carbocycles. The number of benzene rings is 3. The predicted octanol–water partition coefficient (Wildman–Crippen LogP) is 8.97. The van der Waals surface area contributed by atoms with E-state index >= 15 is 4.39 Å². The van der Waals surface area contributed by atoms with Crippen molar-refractivity contribution in [2.24, 2.45) is 5.92 Å². The molecular weight excluding hydrogens is 438 g/mol. The van der Waals surface area contributed by atoms with Crippen LogP contribution in [0.15, 0.2) is 66.9 Å². The summed E-state index contributed by atoms with van der Waals surface area (Å²) >= 11 is 0. The fourth-order valence-corrected chi connectivity index (χ4v) is 4.68. The van der Waals surface area contributed by atoms with E-state index < -0.39 is 11.7 Å². The molecule has 1 aromatic heterocycles. The van der Waals surface area contributed by atoms with Crippen LogP contribution >= 0.6 is 0 Å². The minimum atomic E-state index is -4.40. The normalized spacial score (nSPS) is 13.1. The molecule has 178 valence electrons. The largest absolute Gasteiger partial charge is 0.416 e. The van der Waals surface area contributed by atoms with Crippen molar-refractivity contribution in [1.82, 2.24) is 4.57 Å². The highest BCUT2D eigenvalue weighted by atomic mass is 19.4. The first-order chi connectivity index (χ1) is 16.1. The second-order valence-corrected chi connectivity index (χ2v) is 9.33. The molecule has 0 N–H and O–H groups in total. The number of aromatic nitrogens is 1. The Morgan fingerprint density at radius 1 is 0.912 bits per heavy atom. The highest BCUT2D eigenvalue weighted by Crippen LogP contribution is 2.38. The van der Waals surface area contributed by atoms with Gasteiger partial charge in [-0.2, -0.15) is 13.2 Å². The van der Waals surface area contributed by atoms with Gasteiger partial charge in [-0.3, -0.25) is 0 Å². The molecule has 0 saturated carbocycles. The maximum Gasteiger partial charge on any atom is 0.416 e. The van der Waals surface area contributed by atoms with Crippen LogP contribution in [0.2, 0.25) is 0 Å². The average molecular weight is 468 g/mol. The SMILES string of the molecule is CCc1ccc(C(CC(C)C)n2ccc3c(C)c(-c4ccc(C(F)(F)F)cc4)cc(F)c32)cc1. The van der Waals surface area contributed by atoms with Gasteiger partial charge in [-0.15, -0.1) is 0 Å². The van der Waals surface area contributed by atoms with Gasteiger partial charge in [0.25, 0.3) is 0 Å². The predicted molar refractivity (Wildman–Crippen MR) is 130 cm³/mol. The van der Waals surface area contributed by atoms with Crippen LogP contribution in [0.4, 0.5) is 17.6 Å². The van der Waals surface area contributed by atoms with Gasteiger partial charge in [0.05, 0.1) is 17.1 Å². The van der Waals surface area contributed by atoms with Gasteiger partial charge in [-0.05, 0) is 77.8 Å². The third kappa shape index (κ3) is 4.61. The van der Waals surface area contributed by atoms with Crippen LogP contribution in [0.5, 0.6) is 0 Å². The number of rotatable bonds is 6. The average Bonchev–Trinajstić information content (AvgIpc) is 3.25. The van der Waals surface area contributed by atoms with Crippen LogP contribution in [-0.4, -0.2) is 4.57 Å². The molecule has 5 heteroatoms. The maximum atomic E-state index is 15.6. The molecule has 0 aliphatic rings. The van der Waals surface area contributed by atoms with Gasteiger partial charge in [-0.25, -0.2) is 4.39 Å². The van der Waals surface area contributed by atoms with E-state index in [1.54, 1.807) is 0 Å². The Morgan fingerprint density at radius 2 is 1.56 bits per heavy atom. The quantitative estimate of drug-likeness (QED) is 0.249. The lowest BCUT2D eigenvalue weighted by molar-refractivity contribution is -0.137. The molecule has 34 heavy (non-hydrogen) atoms. The Bertz CT molecular complexity index is 1280. The number of nitrogens with zero attached hydrogens (tertiary/aromatic N) is 1. The molecule has 0 bridgehead atoms. The molecule has 0 fully saturated rings. The summed E-state index contributed by atoms with van der Waals surface area (Å²) in [5, 5.41) is 0.772. The number of halogens is 4. The second-order valence-electron chi connectivity index (χ2n) is 9.33. The van der Waals surface area contributed by atoms with E-state index in [2.05, 4.69) is 45.0 Å². The summed E-state index contributed by atoms with van der Waals surface area (Å²) in [5.41, 5.74) is 4.21. The van der Waals surface area contributed by atoms with Gasteiger partial charge < -0.3 is 4.57 Å². The fraction of sp³-hybridized carbons (Fsp3) is 0.310. The molecule has 1 unspecified atom stereocenters. The Morgan fingerprint density at radius 3 is 2.12 bits per heavy atom. The van der Waals surface area contributed by atoms with Crippen LogP contribution in [0.25, 0.3) is 22.0 Å². The van der Waals surface area contributed by atoms with Crippen LogP contribution in [0, 0.1) is 18.7 Å². The standard InChI is InChI=1S/C29H29F4N/c1-5-20-6-8-22(9-7-20)27(16-18(2)3)34-15-14-24-19(4)25(17-26(30)28(24)34)21-10-12-23(13-11-21)29(31,32)33/h6-15,17-18,27H,5,16H2,1-4H3. The molecule has 0 spiro atoms. The summed E-state index contributed by atoms with van der Waals surface area (Å²) in [7, 11) is 0. The fourth-order valence-electron chi connectivity index (χ4n) is 4.68. The van der Waals surface area contributed by atoms with Crippen LogP contribution in [0.3, 0.4) is 0 Å². The Labute approximate surface area is 198 Å². The summed E-state index contributed by atoms with van der Waals surface area (Å²) in [6, 6.07) is 16.7. The van der Waals surface area contributed by atoms with Gasteiger partial charge in [0.15, 0.2) is 0 Å². The Kier molecular flexibility index (Phi) is 6.57. The van der Waals surface area contributed by atoms with Crippen LogP contribution < -0.4 is 0 Å². The van der Waals surface area contributed by atoms with Crippen LogP contribution in [0.1, 0.15) is 55.5 Å². The summed E-state index contributed by atoms with van der Waals surface area (Å²) in [6.07, 6.45) is -0.657. The minimum absolute atomic E-state index is 0.0192. The number of alkyl halides is 3. The summed E-state index contributed by atoms with van der Waals surface area (Å²) in [5.74, 6) is 0.0308. The first-order valence-corrected chi connectivity index (χ1v) is 11.7. The van der Waals surface area contributed by atoms with Crippen molar-refractivity contribution in [3.8, 4) is 11.1 Å². The zero-order chi connectivity index (χ0) is 24.6. The van der Waals surface area contributed by atoms with E-state index in [-0.39, 0.29) is 11.9 Å². The van der Waals surface area contributed by atoms with Gasteiger partial charge in [0, 0.05) is 11.6 Å². The van der Waals surface area contributed by atoms with Crippen molar-refractivity contribution in [3.63, 3.8) is 0 Å². The molecule has 1 heterocycles. The number of hydrogen-bond acceptors (Lipinski definition) is 0. The zero-order valence-corrected chi connectivity index (χ0v) is 19.9. The molecule has 4 aromatic rings. The second kappa shape index (κ2) is 9.28. The maximum absolute atomic E-state index is 15.6. The number of fused-ring (bicyclic) bond motifs is 1. The molecular formula is C29H29F4N. The van der Waals surface area contributed by atoms with Gasteiger partial charge in [0.2, 0.25) is 0 Å². The van der Waals surface area contributed by atoms with E-state index in [1.165, 1.54) is 23.8 Å². The first-order valence-electron chi connectivity index (χ1n) is 11.7. The third-order valence-corrected chi connectivity index (χ3v) is 6.55. The van der Waals surface area contributed by atoms with E-state index in [0.717, 1.165) is 41.5 Å². The zero-order valence-electron chi connectivity index (χ0n) is 19.9. The van der Waals surface area contributed by atoms with E-state index in [0.29, 0.717) is 22.6 Å². The van der Waals surface area contributed by atoms with Crippen molar-refractivity contribution in [1.29, 1.82) is 0 Å². The molecule has 0 saturated heterocycles.